The molecule has 10 nitrogen and oxygen atoms in total. The van der Waals surface area contributed by atoms with E-state index in [-0.39, 0.29) is 37.8 Å². The van der Waals surface area contributed by atoms with E-state index < -0.39 is 16.7 Å². The first-order valence-electron chi connectivity index (χ1n) is 8.30. The molecule has 0 aliphatic rings. The molecular weight excluding hydrogens is 405 g/mol. The molecule has 0 amide bonds. The zero-order valence-corrected chi connectivity index (χ0v) is 16.4. The minimum Gasteiger partial charge on any atom is -0.481 e. The van der Waals surface area contributed by atoms with Gasteiger partial charge in [-0.25, -0.2) is 17.5 Å². The minimum atomic E-state index is -4.03. The summed E-state index contributed by atoms with van der Waals surface area (Å²) in [4.78, 5) is 14.9. The molecule has 29 heavy (non-hydrogen) atoms. The number of pyridine rings is 1. The first-order chi connectivity index (χ1) is 14.0. The zero-order chi connectivity index (χ0) is 20.9. The molecule has 0 atom stereocenters. The number of aromatic nitrogens is 4. The van der Waals surface area contributed by atoms with Crippen molar-refractivity contribution in [2.75, 3.05) is 32.2 Å². The van der Waals surface area contributed by atoms with E-state index in [1.54, 1.807) is 24.4 Å². The van der Waals surface area contributed by atoms with Crippen LogP contribution in [0.1, 0.15) is 2.85 Å². The van der Waals surface area contributed by atoms with Crippen molar-refractivity contribution in [3.63, 3.8) is 0 Å². The van der Waals surface area contributed by atoms with E-state index in [0.29, 0.717) is 11.4 Å². The quantitative estimate of drug-likeness (QED) is 0.533. The largest absolute Gasteiger partial charge is 0.481 e. The topological polar surface area (TPSA) is 128 Å². The van der Waals surface area contributed by atoms with Gasteiger partial charge in [0.1, 0.15) is 18.2 Å². The predicted octanol–water partition coefficient (Wildman–Crippen LogP) is 2.53. The van der Waals surface area contributed by atoms with E-state index >= 15 is 0 Å². The Hall–Kier alpha value is -3.41. The predicted molar refractivity (Wildman–Crippen MR) is 106 cm³/mol. The summed E-state index contributed by atoms with van der Waals surface area (Å²) in [7, 11) is -1.43. The van der Waals surface area contributed by atoms with Gasteiger partial charge in [-0.2, -0.15) is 9.97 Å². The van der Waals surface area contributed by atoms with Crippen molar-refractivity contribution >= 4 is 16.0 Å². The van der Waals surface area contributed by atoms with Gasteiger partial charge in [-0.05, 0) is 18.2 Å². The number of rotatable bonds is 9. The van der Waals surface area contributed by atoms with Gasteiger partial charge < -0.3 is 19.2 Å². The third-order valence-corrected chi connectivity index (χ3v) is 4.95. The molecule has 3 rings (SSSR count). The highest BCUT2D eigenvalue weighted by molar-refractivity contribution is 7.92. The number of alkyl halides is 1. The Kier molecular flexibility index (Phi) is 6.12. The van der Waals surface area contributed by atoms with Crippen molar-refractivity contribution < 1.29 is 29.9 Å². The summed E-state index contributed by atoms with van der Waals surface area (Å²) in [6, 6.07) is 6.71. The van der Waals surface area contributed by atoms with Crippen LogP contribution in [0.15, 0.2) is 41.6 Å². The summed E-state index contributed by atoms with van der Waals surface area (Å²) in [6.45, 7) is -1.01. The van der Waals surface area contributed by atoms with Gasteiger partial charge in [0.05, 0.1) is 25.6 Å². The second-order valence-electron chi connectivity index (χ2n) is 5.50. The van der Waals surface area contributed by atoms with Crippen LogP contribution in [-0.2, 0) is 10.0 Å². The van der Waals surface area contributed by atoms with Crippen LogP contribution in [0.5, 0.6) is 17.5 Å². The molecule has 0 aliphatic carbocycles. The third-order valence-electron chi connectivity index (χ3n) is 3.65. The van der Waals surface area contributed by atoms with E-state index in [4.69, 9.17) is 14.2 Å². The van der Waals surface area contributed by atoms with E-state index in [1.807, 2.05) is 0 Å². The molecule has 3 heterocycles. The lowest BCUT2D eigenvalue weighted by molar-refractivity contribution is 0.240. The number of halogens is 1. The monoisotopic (exact) mass is 427 g/mol. The van der Waals surface area contributed by atoms with Crippen LogP contribution in [0, 0.1) is 0 Å². The molecule has 0 spiro atoms. The van der Waals surface area contributed by atoms with E-state index in [2.05, 4.69) is 24.7 Å². The highest BCUT2D eigenvalue weighted by Gasteiger charge is 2.23. The van der Waals surface area contributed by atoms with Crippen molar-refractivity contribution in [1.29, 1.82) is 0 Å². The Balaban J connectivity index is 0.00000240. The SMILES string of the molecule is COc1nc(NS(=O)(=O)c2c[nH]c(-c3ccccn3)c2)nc(OC)c1OCCF.[HH].[HH]. The zero-order valence-electron chi connectivity index (χ0n) is 15.5. The van der Waals surface area contributed by atoms with Gasteiger partial charge in [0.15, 0.2) is 0 Å². The number of ether oxygens (including phenoxy) is 3. The van der Waals surface area contributed by atoms with Gasteiger partial charge in [-0.1, -0.05) is 6.07 Å². The summed E-state index contributed by atoms with van der Waals surface area (Å²) >= 11 is 0. The Labute approximate surface area is 169 Å². The van der Waals surface area contributed by atoms with Crippen LogP contribution in [0.25, 0.3) is 11.4 Å². The Morgan fingerprint density at radius 3 is 2.52 bits per heavy atom. The highest BCUT2D eigenvalue weighted by atomic mass is 32.2. The lowest BCUT2D eigenvalue weighted by atomic mass is 10.3. The molecule has 3 aromatic heterocycles. The molecular formula is C17H22FN5O5S. The van der Waals surface area contributed by atoms with Crippen LogP contribution >= 0.6 is 0 Å². The maximum absolute atomic E-state index is 12.7. The molecule has 0 unspecified atom stereocenters. The fourth-order valence-corrected chi connectivity index (χ4v) is 3.31. The summed E-state index contributed by atoms with van der Waals surface area (Å²) in [5.41, 5.74) is 1.11. The normalized spacial score (nSPS) is 11.1. The molecule has 2 N–H and O–H groups in total. The number of anilines is 1. The summed E-state index contributed by atoms with van der Waals surface area (Å²) in [5, 5.41) is 0. The van der Waals surface area contributed by atoms with E-state index in [9.17, 15) is 12.8 Å². The summed E-state index contributed by atoms with van der Waals surface area (Å²) < 4.78 is 55.4. The van der Waals surface area contributed by atoms with Crippen LogP contribution in [-0.4, -0.2) is 55.9 Å². The summed E-state index contributed by atoms with van der Waals surface area (Å²) in [6.07, 6.45) is 2.92. The number of H-pyrrole nitrogens is 1. The first kappa shape index (κ1) is 20.3. The first-order valence-corrected chi connectivity index (χ1v) is 9.78. The second kappa shape index (κ2) is 8.73. The fraction of sp³-hybridized carbons (Fsp3) is 0.235. The van der Waals surface area contributed by atoms with Gasteiger partial charge in [0, 0.05) is 15.2 Å². The molecule has 3 aromatic rings. The average Bonchev–Trinajstić information content (AvgIpc) is 3.24. The van der Waals surface area contributed by atoms with Crippen molar-refractivity contribution in [3.8, 4) is 28.9 Å². The molecule has 12 heteroatoms. The molecule has 0 saturated carbocycles. The maximum Gasteiger partial charge on any atom is 0.265 e. The third kappa shape index (κ3) is 4.54. The van der Waals surface area contributed by atoms with Crippen LogP contribution in [0.2, 0.25) is 0 Å². The molecule has 0 aromatic carbocycles. The number of nitrogens with one attached hydrogen (secondary N) is 2. The number of nitrogens with zero attached hydrogens (tertiary/aromatic N) is 3. The maximum atomic E-state index is 12.7. The minimum absolute atomic E-state index is 0. The van der Waals surface area contributed by atoms with Crippen molar-refractivity contribution in [2.45, 2.75) is 4.90 Å². The van der Waals surface area contributed by atoms with E-state index in [0.717, 1.165) is 0 Å². The van der Waals surface area contributed by atoms with Crippen LogP contribution in [0.3, 0.4) is 0 Å². The number of aromatic amines is 1. The smallest absolute Gasteiger partial charge is 0.265 e. The number of hydrogen-bond donors (Lipinski definition) is 2. The molecule has 0 aliphatic heterocycles. The molecule has 0 radical (unpaired) electrons. The van der Waals surface area contributed by atoms with Gasteiger partial charge in [0.25, 0.3) is 21.8 Å². The second-order valence-corrected chi connectivity index (χ2v) is 7.18. The van der Waals surface area contributed by atoms with Crippen molar-refractivity contribution in [1.82, 2.24) is 19.9 Å². The fourth-order valence-electron chi connectivity index (χ4n) is 2.38. The average molecular weight is 427 g/mol. The molecule has 0 bridgehead atoms. The van der Waals surface area contributed by atoms with Crippen LogP contribution < -0.4 is 18.9 Å². The summed E-state index contributed by atoms with van der Waals surface area (Å²) in [5.74, 6) is -0.543. The van der Waals surface area contributed by atoms with Crippen LogP contribution in [0.4, 0.5) is 10.3 Å². The number of methoxy groups -OCH3 is 2. The van der Waals surface area contributed by atoms with Gasteiger partial charge in [0.2, 0.25) is 11.7 Å². The number of sulfonamides is 1. The van der Waals surface area contributed by atoms with Gasteiger partial charge >= 0.3 is 0 Å². The molecule has 158 valence electrons. The Bertz CT molecular complexity index is 1060. The lowest BCUT2D eigenvalue weighted by Crippen LogP contribution is -2.16. The Morgan fingerprint density at radius 1 is 1.21 bits per heavy atom. The van der Waals surface area contributed by atoms with Gasteiger partial charge in [-0.15, -0.1) is 0 Å². The highest BCUT2D eigenvalue weighted by Crippen LogP contribution is 2.35. The Morgan fingerprint density at radius 2 is 1.93 bits per heavy atom. The molecule has 0 saturated heterocycles. The van der Waals surface area contributed by atoms with E-state index in [1.165, 1.54) is 26.5 Å². The van der Waals surface area contributed by atoms with Crippen molar-refractivity contribution in [3.05, 3.63) is 36.7 Å². The lowest BCUT2D eigenvalue weighted by Gasteiger charge is -2.13. The van der Waals surface area contributed by atoms with Gasteiger partial charge in [-0.3, -0.25) is 4.98 Å². The standard InChI is InChI=1S/C17H18FN5O5S.2H2/c1-26-15-14(28-8-6-18)16(27-2)22-17(21-15)23-29(24,25)11-9-13(20-10-11)12-5-3-4-7-19-12;;/h3-5,7,9-10,20H,6,8H2,1-2H3,(H,21,22,23);2*1H. The molecule has 0 fully saturated rings. The number of hydrogen-bond acceptors (Lipinski definition) is 8. The van der Waals surface area contributed by atoms with Crippen molar-refractivity contribution in [2.24, 2.45) is 0 Å².